The summed E-state index contributed by atoms with van der Waals surface area (Å²) in [5, 5.41) is 14.3. The Labute approximate surface area is 158 Å². The van der Waals surface area contributed by atoms with Crippen molar-refractivity contribution in [2.75, 3.05) is 56.6 Å². The number of aromatic nitrogens is 3. The number of anilines is 3. The maximum atomic E-state index is 11.7. The molecule has 0 aliphatic carbocycles. The van der Waals surface area contributed by atoms with Crippen molar-refractivity contribution in [3.63, 3.8) is 0 Å². The number of hydrogen-bond acceptors (Lipinski definition) is 9. The van der Waals surface area contributed by atoms with Crippen LogP contribution in [0.1, 0.15) is 17.3 Å². The molecular weight excluding hydrogens is 348 g/mol. The summed E-state index contributed by atoms with van der Waals surface area (Å²) >= 11 is 0. The van der Waals surface area contributed by atoms with Crippen LogP contribution in [0.25, 0.3) is 0 Å². The minimum Gasteiger partial charge on any atom is -0.462 e. The summed E-state index contributed by atoms with van der Waals surface area (Å²) in [5.41, 5.74) is 1.30. The first-order chi connectivity index (χ1) is 13.2. The van der Waals surface area contributed by atoms with Crippen molar-refractivity contribution in [3.8, 4) is 0 Å². The van der Waals surface area contributed by atoms with Crippen molar-refractivity contribution in [3.05, 3.63) is 36.0 Å². The van der Waals surface area contributed by atoms with Crippen LogP contribution in [-0.2, 0) is 9.47 Å². The third-order valence-electron chi connectivity index (χ3n) is 4.04. The van der Waals surface area contributed by atoms with E-state index in [1.54, 1.807) is 37.4 Å². The van der Waals surface area contributed by atoms with Gasteiger partial charge < -0.3 is 20.1 Å². The number of nitrogens with one attached hydrogen (secondary N) is 2. The SMILES string of the molecule is CCOC(=O)c1ccc(Nc2cnnc(NCCN3CCOCC3)n2)cc1. The normalized spacial score (nSPS) is 14.6. The van der Waals surface area contributed by atoms with Crippen LogP contribution < -0.4 is 10.6 Å². The van der Waals surface area contributed by atoms with E-state index >= 15 is 0 Å². The van der Waals surface area contributed by atoms with Crippen molar-refractivity contribution in [1.29, 1.82) is 0 Å². The van der Waals surface area contributed by atoms with Crippen molar-refractivity contribution >= 4 is 23.4 Å². The minimum absolute atomic E-state index is 0.334. The highest BCUT2D eigenvalue weighted by atomic mass is 16.5. The Kier molecular flexibility index (Phi) is 6.89. The molecule has 1 aliphatic heterocycles. The molecule has 1 fully saturated rings. The number of hydrogen-bond donors (Lipinski definition) is 2. The fourth-order valence-electron chi connectivity index (χ4n) is 2.64. The zero-order valence-electron chi connectivity index (χ0n) is 15.4. The summed E-state index contributed by atoms with van der Waals surface area (Å²) in [6.07, 6.45) is 1.55. The van der Waals surface area contributed by atoms with Gasteiger partial charge in [0.05, 0.1) is 31.6 Å². The number of carbonyl (C=O) groups is 1. The average molecular weight is 372 g/mol. The van der Waals surface area contributed by atoms with Gasteiger partial charge in [0.25, 0.3) is 0 Å². The molecule has 0 radical (unpaired) electrons. The second-order valence-corrected chi connectivity index (χ2v) is 5.97. The zero-order valence-corrected chi connectivity index (χ0v) is 15.4. The van der Waals surface area contributed by atoms with Crippen molar-refractivity contribution < 1.29 is 14.3 Å². The van der Waals surface area contributed by atoms with Gasteiger partial charge in [0.2, 0.25) is 5.95 Å². The van der Waals surface area contributed by atoms with Gasteiger partial charge in [-0.3, -0.25) is 4.90 Å². The molecule has 1 aliphatic rings. The molecule has 3 rings (SSSR count). The molecule has 2 aromatic rings. The Hall–Kier alpha value is -2.78. The largest absolute Gasteiger partial charge is 0.462 e. The highest BCUT2D eigenvalue weighted by Crippen LogP contribution is 2.16. The van der Waals surface area contributed by atoms with Crippen molar-refractivity contribution in [2.45, 2.75) is 6.92 Å². The molecule has 27 heavy (non-hydrogen) atoms. The van der Waals surface area contributed by atoms with Gasteiger partial charge in [-0.05, 0) is 31.2 Å². The summed E-state index contributed by atoms with van der Waals surface area (Å²) < 4.78 is 10.3. The van der Waals surface area contributed by atoms with Crippen molar-refractivity contribution in [2.24, 2.45) is 0 Å². The number of esters is 1. The van der Waals surface area contributed by atoms with Crippen LogP contribution in [-0.4, -0.2) is 72.1 Å². The van der Waals surface area contributed by atoms with Crippen LogP contribution in [0.15, 0.2) is 30.5 Å². The maximum Gasteiger partial charge on any atom is 0.338 e. The lowest BCUT2D eigenvalue weighted by Gasteiger charge is -2.26. The van der Waals surface area contributed by atoms with Crippen LogP contribution in [0.4, 0.5) is 17.5 Å². The monoisotopic (exact) mass is 372 g/mol. The molecule has 2 N–H and O–H groups in total. The number of rotatable bonds is 8. The molecule has 0 atom stereocenters. The predicted octanol–water partition coefficient (Wildman–Crippen LogP) is 1.54. The number of ether oxygens (including phenoxy) is 2. The molecule has 1 saturated heterocycles. The average Bonchev–Trinajstić information content (AvgIpc) is 2.70. The van der Waals surface area contributed by atoms with Crippen LogP contribution in [0.3, 0.4) is 0 Å². The number of benzene rings is 1. The third kappa shape index (κ3) is 5.87. The van der Waals surface area contributed by atoms with Gasteiger partial charge in [-0.25, -0.2) is 4.79 Å². The van der Waals surface area contributed by atoms with Crippen molar-refractivity contribution in [1.82, 2.24) is 20.1 Å². The highest BCUT2D eigenvalue weighted by molar-refractivity contribution is 5.89. The summed E-state index contributed by atoms with van der Waals surface area (Å²) in [6.45, 7) is 7.24. The molecule has 0 unspecified atom stereocenters. The smallest absolute Gasteiger partial charge is 0.338 e. The van der Waals surface area contributed by atoms with Gasteiger partial charge in [0, 0.05) is 31.9 Å². The van der Waals surface area contributed by atoms with E-state index in [2.05, 4.69) is 30.7 Å². The summed E-state index contributed by atoms with van der Waals surface area (Å²) in [4.78, 5) is 18.4. The Bertz CT molecular complexity index is 734. The Morgan fingerprint density at radius 2 is 2.04 bits per heavy atom. The first-order valence-corrected chi connectivity index (χ1v) is 9.02. The second kappa shape index (κ2) is 9.79. The van der Waals surface area contributed by atoms with Gasteiger partial charge in [0.1, 0.15) is 0 Å². The number of carbonyl (C=O) groups excluding carboxylic acids is 1. The first kappa shape index (κ1) is 19.0. The molecular formula is C18H24N6O3. The highest BCUT2D eigenvalue weighted by Gasteiger charge is 2.10. The van der Waals surface area contributed by atoms with E-state index in [-0.39, 0.29) is 5.97 Å². The maximum absolute atomic E-state index is 11.7. The first-order valence-electron chi connectivity index (χ1n) is 9.02. The van der Waals surface area contributed by atoms with Gasteiger partial charge in [-0.2, -0.15) is 10.1 Å². The second-order valence-electron chi connectivity index (χ2n) is 5.97. The Balaban J connectivity index is 1.51. The Morgan fingerprint density at radius 3 is 2.78 bits per heavy atom. The molecule has 0 amide bonds. The predicted molar refractivity (Wildman–Crippen MR) is 101 cm³/mol. The lowest BCUT2D eigenvalue weighted by Crippen LogP contribution is -2.39. The molecule has 0 bridgehead atoms. The topological polar surface area (TPSA) is 102 Å². The molecule has 0 saturated carbocycles. The van der Waals surface area contributed by atoms with Crippen LogP contribution in [0.5, 0.6) is 0 Å². The van der Waals surface area contributed by atoms with E-state index in [0.717, 1.165) is 45.1 Å². The third-order valence-corrected chi connectivity index (χ3v) is 4.04. The standard InChI is InChI=1S/C18H24N6O3/c1-2-27-17(25)14-3-5-15(6-4-14)21-16-13-20-23-18(22-16)19-7-8-24-9-11-26-12-10-24/h3-6,13H,2,7-12H2,1H3,(H2,19,21,22,23). The van der Waals surface area contributed by atoms with E-state index in [4.69, 9.17) is 9.47 Å². The van der Waals surface area contributed by atoms with Crippen LogP contribution >= 0.6 is 0 Å². The van der Waals surface area contributed by atoms with E-state index in [9.17, 15) is 4.79 Å². The van der Waals surface area contributed by atoms with E-state index in [0.29, 0.717) is 23.9 Å². The zero-order chi connectivity index (χ0) is 18.9. The molecule has 9 heteroatoms. The van der Waals surface area contributed by atoms with Crippen LogP contribution in [0, 0.1) is 0 Å². The summed E-state index contributed by atoms with van der Waals surface area (Å²) in [7, 11) is 0. The molecule has 1 aromatic heterocycles. The number of nitrogens with zero attached hydrogens (tertiary/aromatic N) is 4. The van der Waals surface area contributed by atoms with Gasteiger partial charge in [0.15, 0.2) is 5.82 Å². The quantitative estimate of drug-likeness (QED) is 0.668. The van der Waals surface area contributed by atoms with Gasteiger partial charge in [-0.1, -0.05) is 0 Å². The molecule has 9 nitrogen and oxygen atoms in total. The number of morpholine rings is 1. The van der Waals surface area contributed by atoms with E-state index < -0.39 is 0 Å². The molecule has 144 valence electrons. The summed E-state index contributed by atoms with van der Waals surface area (Å²) in [6, 6.07) is 6.99. The summed E-state index contributed by atoms with van der Waals surface area (Å²) in [5.74, 6) is 0.707. The minimum atomic E-state index is -0.334. The van der Waals surface area contributed by atoms with E-state index in [1.807, 2.05) is 0 Å². The van der Waals surface area contributed by atoms with Gasteiger partial charge >= 0.3 is 5.97 Å². The van der Waals surface area contributed by atoms with E-state index in [1.165, 1.54) is 0 Å². The lowest BCUT2D eigenvalue weighted by atomic mass is 10.2. The Morgan fingerprint density at radius 1 is 1.26 bits per heavy atom. The molecule has 0 spiro atoms. The van der Waals surface area contributed by atoms with Crippen LogP contribution in [0.2, 0.25) is 0 Å². The lowest BCUT2D eigenvalue weighted by molar-refractivity contribution is 0.0398. The molecule has 1 aromatic carbocycles. The molecule has 2 heterocycles. The van der Waals surface area contributed by atoms with Gasteiger partial charge in [-0.15, -0.1) is 5.10 Å². The fourth-order valence-corrected chi connectivity index (χ4v) is 2.64. The fraction of sp³-hybridized carbons (Fsp3) is 0.444.